The van der Waals surface area contributed by atoms with E-state index in [0.717, 1.165) is 12.0 Å². The molecule has 6 nitrogen and oxygen atoms in total. The van der Waals surface area contributed by atoms with Crippen molar-refractivity contribution in [2.75, 3.05) is 19.9 Å². The van der Waals surface area contributed by atoms with Gasteiger partial charge in [-0.2, -0.15) is 0 Å². The van der Waals surface area contributed by atoms with Crippen molar-refractivity contribution < 1.29 is 14.5 Å². The van der Waals surface area contributed by atoms with Crippen molar-refractivity contribution in [3.05, 3.63) is 46.0 Å². The Balaban J connectivity index is 1.97. The minimum absolute atomic E-state index is 0.0351. The summed E-state index contributed by atoms with van der Waals surface area (Å²) in [7, 11) is 0. The Bertz CT molecular complexity index is 490. The molecule has 1 aromatic carbocycles. The van der Waals surface area contributed by atoms with Gasteiger partial charge in [-0.25, -0.2) is 0 Å². The first-order valence-electron chi connectivity index (χ1n) is 5.96. The Kier molecular flexibility index (Phi) is 4.25. The standard InChI is InChI=1S/C13H14N2O4/c16-13(14-8-1-9-19-10-14)7-4-11-2-5-12(6-3-11)15(17)18/h2-7H,1,8-10H2/b7-4+. The van der Waals surface area contributed by atoms with E-state index in [1.54, 1.807) is 23.1 Å². The van der Waals surface area contributed by atoms with Crippen LogP contribution in [0.2, 0.25) is 0 Å². The number of ether oxygens (including phenoxy) is 1. The Labute approximate surface area is 110 Å². The number of carbonyl (C=O) groups is 1. The number of non-ortho nitro benzene ring substituents is 1. The van der Waals surface area contributed by atoms with Crippen LogP contribution < -0.4 is 0 Å². The highest BCUT2D eigenvalue weighted by Gasteiger charge is 2.13. The molecule has 0 unspecified atom stereocenters. The van der Waals surface area contributed by atoms with Crippen LogP contribution in [0.3, 0.4) is 0 Å². The molecule has 1 aliphatic rings. The lowest BCUT2D eigenvalue weighted by Gasteiger charge is -2.25. The van der Waals surface area contributed by atoms with Crippen molar-refractivity contribution in [3.63, 3.8) is 0 Å². The van der Waals surface area contributed by atoms with Crippen LogP contribution in [0.15, 0.2) is 30.3 Å². The number of carbonyl (C=O) groups excluding carboxylic acids is 1. The Hall–Kier alpha value is -2.21. The van der Waals surface area contributed by atoms with Gasteiger partial charge in [0.15, 0.2) is 0 Å². The van der Waals surface area contributed by atoms with E-state index in [4.69, 9.17) is 4.74 Å². The van der Waals surface area contributed by atoms with Crippen LogP contribution in [0.4, 0.5) is 5.69 Å². The second kappa shape index (κ2) is 6.10. The van der Waals surface area contributed by atoms with Crippen LogP contribution in [-0.4, -0.2) is 35.6 Å². The number of hydrogen-bond acceptors (Lipinski definition) is 4. The number of benzene rings is 1. The maximum Gasteiger partial charge on any atom is 0.269 e. The fourth-order valence-electron chi connectivity index (χ4n) is 1.75. The topological polar surface area (TPSA) is 72.7 Å². The van der Waals surface area contributed by atoms with Crippen molar-refractivity contribution in [1.29, 1.82) is 0 Å². The highest BCUT2D eigenvalue weighted by atomic mass is 16.6. The SMILES string of the molecule is O=C(/C=C/c1ccc([N+](=O)[O-])cc1)N1CCCOC1. The summed E-state index contributed by atoms with van der Waals surface area (Å²) in [6.07, 6.45) is 3.94. The number of hydrogen-bond donors (Lipinski definition) is 0. The first kappa shape index (κ1) is 13.2. The third-order valence-electron chi connectivity index (χ3n) is 2.80. The van der Waals surface area contributed by atoms with Crippen molar-refractivity contribution in [3.8, 4) is 0 Å². The molecule has 1 saturated heterocycles. The number of amides is 1. The van der Waals surface area contributed by atoms with Gasteiger partial charge in [0.05, 0.1) is 11.5 Å². The highest BCUT2D eigenvalue weighted by Crippen LogP contribution is 2.13. The van der Waals surface area contributed by atoms with E-state index in [-0.39, 0.29) is 11.6 Å². The summed E-state index contributed by atoms with van der Waals surface area (Å²) in [5, 5.41) is 10.5. The van der Waals surface area contributed by atoms with Crippen LogP contribution in [0.1, 0.15) is 12.0 Å². The molecule has 0 spiro atoms. The first-order valence-corrected chi connectivity index (χ1v) is 5.96. The first-order chi connectivity index (χ1) is 9.16. The average molecular weight is 262 g/mol. The van der Waals surface area contributed by atoms with E-state index in [1.807, 2.05) is 0 Å². The quantitative estimate of drug-likeness (QED) is 0.473. The molecule has 1 fully saturated rings. The second-order valence-corrected chi connectivity index (χ2v) is 4.17. The molecule has 0 aliphatic carbocycles. The minimum atomic E-state index is -0.455. The smallest absolute Gasteiger partial charge is 0.269 e. The van der Waals surface area contributed by atoms with Gasteiger partial charge in [0, 0.05) is 24.8 Å². The molecule has 1 amide bonds. The van der Waals surface area contributed by atoms with Crippen molar-refractivity contribution in [2.24, 2.45) is 0 Å². The Morgan fingerprint density at radius 1 is 1.37 bits per heavy atom. The average Bonchev–Trinajstić information content (AvgIpc) is 2.46. The zero-order valence-corrected chi connectivity index (χ0v) is 10.3. The second-order valence-electron chi connectivity index (χ2n) is 4.17. The predicted molar refractivity (Wildman–Crippen MR) is 69.3 cm³/mol. The lowest BCUT2D eigenvalue weighted by molar-refractivity contribution is -0.384. The number of nitrogens with zero attached hydrogens (tertiary/aromatic N) is 2. The van der Waals surface area contributed by atoms with Gasteiger partial charge >= 0.3 is 0 Å². The molecule has 19 heavy (non-hydrogen) atoms. The lowest BCUT2D eigenvalue weighted by Crippen LogP contribution is -2.37. The van der Waals surface area contributed by atoms with Crippen LogP contribution in [-0.2, 0) is 9.53 Å². The van der Waals surface area contributed by atoms with Gasteiger partial charge in [-0.15, -0.1) is 0 Å². The van der Waals surface area contributed by atoms with Gasteiger partial charge in [-0.05, 0) is 30.2 Å². The van der Waals surface area contributed by atoms with Gasteiger partial charge in [0.1, 0.15) is 6.73 Å². The van der Waals surface area contributed by atoms with Crippen molar-refractivity contribution in [1.82, 2.24) is 4.90 Å². The third-order valence-corrected chi connectivity index (χ3v) is 2.80. The van der Waals surface area contributed by atoms with Crippen LogP contribution in [0.5, 0.6) is 0 Å². The molecule has 0 atom stereocenters. The summed E-state index contributed by atoms with van der Waals surface area (Å²) < 4.78 is 5.19. The third kappa shape index (κ3) is 3.62. The molecule has 1 heterocycles. The van der Waals surface area contributed by atoms with E-state index in [1.165, 1.54) is 18.2 Å². The molecule has 0 N–H and O–H groups in total. The number of rotatable bonds is 3. The highest BCUT2D eigenvalue weighted by molar-refractivity contribution is 5.91. The fraction of sp³-hybridized carbons (Fsp3) is 0.308. The molecule has 0 bridgehead atoms. The molecule has 0 saturated carbocycles. The maximum atomic E-state index is 11.8. The van der Waals surface area contributed by atoms with E-state index in [9.17, 15) is 14.9 Å². The molecule has 0 aromatic heterocycles. The molecular weight excluding hydrogens is 248 g/mol. The lowest BCUT2D eigenvalue weighted by atomic mass is 10.2. The molecule has 6 heteroatoms. The van der Waals surface area contributed by atoms with Gasteiger partial charge in [0.2, 0.25) is 5.91 Å². The summed E-state index contributed by atoms with van der Waals surface area (Å²) >= 11 is 0. The van der Waals surface area contributed by atoms with Crippen LogP contribution in [0.25, 0.3) is 6.08 Å². The predicted octanol–water partition coefficient (Wildman–Crippen LogP) is 1.81. The van der Waals surface area contributed by atoms with Gasteiger partial charge in [-0.3, -0.25) is 14.9 Å². The van der Waals surface area contributed by atoms with Crippen molar-refractivity contribution in [2.45, 2.75) is 6.42 Å². The minimum Gasteiger partial charge on any atom is -0.361 e. The molecule has 0 radical (unpaired) electrons. The largest absolute Gasteiger partial charge is 0.361 e. The summed E-state index contributed by atoms with van der Waals surface area (Å²) in [6.45, 7) is 1.71. The monoisotopic (exact) mass is 262 g/mol. The van der Waals surface area contributed by atoms with E-state index in [2.05, 4.69) is 0 Å². The van der Waals surface area contributed by atoms with E-state index >= 15 is 0 Å². The molecular formula is C13H14N2O4. The van der Waals surface area contributed by atoms with E-state index in [0.29, 0.717) is 19.9 Å². The summed E-state index contributed by atoms with van der Waals surface area (Å²) in [5.41, 5.74) is 0.782. The normalized spacial score (nSPS) is 15.7. The summed E-state index contributed by atoms with van der Waals surface area (Å²) in [6, 6.07) is 6.03. The molecule has 1 aromatic rings. The molecule has 1 aliphatic heterocycles. The van der Waals surface area contributed by atoms with Gasteiger partial charge in [0.25, 0.3) is 5.69 Å². The summed E-state index contributed by atoms with van der Waals surface area (Å²) in [5.74, 6) is -0.113. The number of nitro groups is 1. The van der Waals surface area contributed by atoms with Gasteiger partial charge < -0.3 is 9.64 Å². The zero-order chi connectivity index (χ0) is 13.7. The van der Waals surface area contributed by atoms with E-state index < -0.39 is 4.92 Å². The Morgan fingerprint density at radius 3 is 2.68 bits per heavy atom. The zero-order valence-electron chi connectivity index (χ0n) is 10.3. The molecule has 2 rings (SSSR count). The molecule has 100 valence electrons. The van der Waals surface area contributed by atoms with Crippen molar-refractivity contribution >= 4 is 17.7 Å². The summed E-state index contributed by atoms with van der Waals surface area (Å²) in [4.78, 5) is 23.5. The van der Waals surface area contributed by atoms with Gasteiger partial charge in [-0.1, -0.05) is 0 Å². The fourth-order valence-corrected chi connectivity index (χ4v) is 1.75. The Morgan fingerprint density at radius 2 is 2.11 bits per heavy atom. The van der Waals surface area contributed by atoms with Crippen LogP contribution >= 0.6 is 0 Å². The van der Waals surface area contributed by atoms with Crippen LogP contribution in [0, 0.1) is 10.1 Å². The maximum absolute atomic E-state index is 11.8. The number of nitro benzene ring substituents is 1.